The minimum atomic E-state index is -3.64. The summed E-state index contributed by atoms with van der Waals surface area (Å²) in [6.07, 6.45) is 0.785. The molecule has 0 aliphatic carbocycles. The van der Waals surface area contributed by atoms with Gasteiger partial charge in [-0.25, -0.2) is 13.1 Å². The number of carbonyl (C=O) groups is 1. The van der Waals surface area contributed by atoms with E-state index in [1.807, 2.05) is 19.9 Å². The van der Waals surface area contributed by atoms with Gasteiger partial charge in [0, 0.05) is 19.5 Å². The van der Waals surface area contributed by atoms with Gasteiger partial charge in [-0.3, -0.25) is 4.79 Å². The van der Waals surface area contributed by atoms with Crippen molar-refractivity contribution in [2.45, 2.75) is 38.5 Å². The maximum Gasteiger partial charge on any atom is 0.240 e. The van der Waals surface area contributed by atoms with Crippen LogP contribution in [0.3, 0.4) is 0 Å². The maximum absolute atomic E-state index is 12.3. The molecule has 0 radical (unpaired) electrons. The third kappa shape index (κ3) is 5.66. The number of benzene rings is 1. The molecule has 0 spiro atoms. The highest BCUT2D eigenvalue weighted by molar-refractivity contribution is 7.89. The summed E-state index contributed by atoms with van der Waals surface area (Å²) in [5, 5.41) is 8.71. The minimum Gasteiger partial charge on any atom is -0.329 e. The smallest absolute Gasteiger partial charge is 0.240 e. The van der Waals surface area contributed by atoms with Gasteiger partial charge in [0.1, 0.15) is 6.54 Å². The van der Waals surface area contributed by atoms with Gasteiger partial charge in [0.2, 0.25) is 15.9 Å². The fourth-order valence-electron chi connectivity index (χ4n) is 2.28. The van der Waals surface area contributed by atoms with Crippen LogP contribution >= 0.6 is 0 Å². The number of carbonyl (C=O) groups excluding carboxylic acids is 1. The Labute approximate surface area is 138 Å². The summed E-state index contributed by atoms with van der Waals surface area (Å²) in [4.78, 5) is 13.7. The van der Waals surface area contributed by atoms with Crippen LogP contribution in [0.4, 0.5) is 0 Å². The van der Waals surface area contributed by atoms with Crippen molar-refractivity contribution in [1.82, 2.24) is 9.62 Å². The third-order valence-corrected chi connectivity index (χ3v) is 4.98. The van der Waals surface area contributed by atoms with E-state index in [9.17, 15) is 13.2 Å². The molecule has 1 amide bonds. The summed E-state index contributed by atoms with van der Waals surface area (Å²) in [5.74, 6) is -0.225. The molecule has 0 saturated heterocycles. The van der Waals surface area contributed by atoms with E-state index >= 15 is 0 Å². The Bertz CT molecular complexity index is 693. The molecule has 126 valence electrons. The highest BCUT2D eigenvalue weighted by Crippen LogP contribution is 2.16. The third-order valence-electron chi connectivity index (χ3n) is 3.36. The SMILES string of the molecule is CCCN(CC#N)C(=O)CCNS(=O)(=O)c1ccc(C)cc1C. The van der Waals surface area contributed by atoms with Crippen molar-refractivity contribution in [1.29, 1.82) is 5.26 Å². The lowest BCUT2D eigenvalue weighted by atomic mass is 10.2. The molecular weight excluding hydrogens is 314 g/mol. The van der Waals surface area contributed by atoms with Gasteiger partial charge in [0.15, 0.2) is 0 Å². The lowest BCUT2D eigenvalue weighted by molar-refractivity contribution is -0.130. The summed E-state index contributed by atoms with van der Waals surface area (Å²) in [7, 11) is -3.64. The van der Waals surface area contributed by atoms with Gasteiger partial charge >= 0.3 is 0 Å². The number of aryl methyl sites for hydroxylation is 2. The number of hydrogen-bond donors (Lipinski definition) is 1. The summed E-state index contributed by atoms with van der Waals surface area (Å²) in [6, 6.07) is 7.05. The van der Waals surface area contributed by atoms with Crippen molar-refractivity contribution in [2.24, 2.45) is 0 Å². The topological polar surface area (TPSA) is 90.3 Å². The van der Waals surface area contributed by atoms with Crippen molar-refractivity contribution >= 4 is 15.9 Å². The maximum atomic E-state index is 12.3. The predicted molar refractivity (Wildman–Crippen MR) is 88.2 cm³/mol. The molecule has 0 unspecified atom stereocenters. The highest BCUT2D eigenvalue weighted by Gasteiger charge is 2.18. The molecule has 0 bridgehead atoms. The number of nitrogens with one attached hydrogen (secondary N) is 1. The minimum absolute atomic E-state index is 0.0140. The quantitative estimate of drug-likeness (QED) is 0.732. The first-order valence-electron chi connectivity index (χ1n) is 7.53. The molecule has 6 nitrogen and oxygen atoms in total. The number of nitrogens with zero attached hydrogens (tertiary/aromatic N) is 2. The standard InChI is InChI=1S/C16H23N3O3S/c1-4-10-19(11-8-17)16(20)7-9-18-23(21,22)15-6-5-13(2)12-14(15)3/h5-6,12,18H,4,7,9-11H2,1-3H3. The summed E-state index contributed by atoms with van der Waals surface area (Å²) < 4.78 is 27.0. The molecule has 7 heteroatoms. The van der Waals surface area contributed by atoms with Crippen LogP contribution in [0.2, 0.25) is 0 Å². The van der Waals surface area contributed by atoms with Gasteiger partial charge in [-0.15, -0.1) is 0 Å². The molecule has 1 aromatic rings. The van der Waals surface area contributed by atoms with E-state index < -0.39 is 10.0 Å². The fourth-order valence-corrected chi connectivity index (χ4v) is 3.53. The van der Waals surface area contributed by atoms with Crippen molar-refractivity contribution in [3.8, 4) is 6.07 Å². The molecule has 0 heterocycles. The monoisotopic (exact) mass is 337 g/mol. The fraction of sp³-hybridized carbons (Fsp3) is 0.500. The Morgan fingerprint density at radius 1 is 1.35 bits per heavy atom. The number of rotatable bonds is 8. The van der Waals surface area contributed by atoms with E-state index in [0.717, 1.165) is 12.0 Å². The van der Waals surface area contributed by atoms with E-state index in [-0.39, 0.29) is 30.3 Å². The van der Waals surface area contributed by atoms with Crippen molar-refractivity contribution in [3.05, 3.63) is 29.3 Å². The van der Waals surface area contributed by atoms with Crippen LogP contribution in [-0.2, 0) is 14.8 Å². The first kappa shape index (κ1) is 19.1. The molecule has 0 saturated carbocycles. The molecule has 0 atom stereocenters. The van der Waals surface area contributed by atoms with Crippen molar-refractivity contribution in [2.75, 3.05) is 19.6 Å². The van der Waals surface area contributed by atoms with Crippen LogP contribution in [0.15, 0.2) is 23.1 Å². The zero-order valence-electron chi connectivity index (χ0n) is 13.8. The Kier molecular flexibility index (Phi) is 7.20. The zero-order chi connectivity index (χ0) is 17.5. The van der Waals surface area contributed by atoms with Crippen molar-refractivity contribution in [3.63, 3.8) is 0 Å². The van der Waals surface area contributed by atoms with Gasteiger partial charge < -0.3 is 4.90 Å². The van der Waals surface area contributed by atoms with Gasteiger partial charge in [-0.2, -0.15) is 5.26 Å². The number of amides is 1. The van der Waals surface area contributed by atoms with Gasteiger partial charge in [-0.1, -0.05) is 24.6 Å². The van der Waals surface area contributed by atoms with Crippen molar-refractivity contribution < 1.29 is 13.2 Å². The van der Waals surface area contributed by atoms with Crippen LogP contribution in [0.25, 0.3) is 0 Å². The van der Waals surface area contributed by atoms with E-state index in [1.165, 1.54) is 4.90 Å². The van der Waals surface area contributed by atoms with Crippen LogP contribution in [0.5, 0.6) is 0 Å². The first-order valence-corrected chi connectivity index (χ1v) is 9.01. The summed E-state index contributed by atoms with van der Waals surface area (Å²) >= 11 is 0. The zero-order valence-corrected chi connectivity index (χ0v) is 14.6. The summed E-state index contributed by atoms with van der Waals surface area (Å²) in [5.41, 5.74) is 1.66. The van der Waals surface area contributed by atoms with Gasteiger partial charge in [-0.05, 0) is 31.9 Å². The van der Waals surface area contributed by atoms with Crippen LogP contribution in [0, 0.1) is 25.2 Å². The highest BCUT2D eigenvalue weighted by atomic mass is 32.2. The predicted octanol–water partition coefficient (Wildman–Crippen LogP) is 1.73. The van der Waals surface area contributed by atoms with E-state index in [1.54, 1.807) is 25.1 Å². The molecule has 1 rings (SSSR count). The number of nitriles is 1. The Morgan fingerprint density at radius 2 is 2.04 bits per heavy atom. The van der Waals surface area contributed by atoms with E-state index in [0.29, 0.717) is 12.1 Å². The number of hydrogen-bond acceptors (Lipinski definition) is 4. The molecule has 0 aliphatic rings. The normalized spacial score (nSPS) is 11.0. The molecule has 0 aromatic heterocycles. The summed E-state index contributed by atoms with van der Waals surface area (Å²) in [6.45, 7) is 6.09. The lowest BCUT2D eigenvalue weighted by Crippen LogP contribution is -2.35. The molecule has 23 heavy (non-hydrogen) atoms. The number of sulfonamides is 1. The molecule has 0 aliphatic heterocycles. The van der Waals surface area contributed by atoms with Gasteiger partial charge in [0.25, 0.3) is 0 Å². The molecule has 1 aromatic carbocycles. The Hall–Kier alpha value is -1.91. The Balaban J connectivity index is 2.66. The van der Waals surface area contributed by atoms with Crippen LogP contribution in [0.1, 0.15) is 30.9 Å². The molecule has 0 fully saturated rings. The average Bonchev–Trinajstić information content (AvgIpc) is 2.46. The van der Waals surface area contributed by atoms with Crippen LogP contribution < -0.4 is 4.72 Å². The second-order valence-corrected chi connectivity index (χ2v) is 7.13. The van der Waals surface area contributed by atoms with E-state index in [2.05, 4.69) is 4.72 Å². The molecular formula is C16H23N3O3S. The largest absolute Gasteiger partial charge is 0.329 e. The molecule has 1 N–H and O–H groups in total. The Morgan fingerprint density at radius 3 is 2.61 bits per heavy atom. The van der Waals surface area contributed by atoms with Crippen LogP contribution in [-0.4, -0.2) is 38.9 Å². The lowest BCUT2D eigenvalue weighted by Gasteiger charge is -2.18. The van der Waals surface area contributed by atoms with Gasteiger partial charge in [0.05, 0.1) is 11.0 Å². The second-order valence-electron chi connectivity index (χ2n) is 5.39. The van der Waals surface area contributed by atoms with E-state index in [4.69, 9.17) is 5.26 Å². The second kappa shape index (κ2) is 8.65. The first-order chi connectivity index (χ1) is 10.8. The average molecular weight is 337 g/mol.